The molecule has 0 saturated carbocycles. The maximum atomic E-state index is 13.0. The van der Waals surface area contributed by atoms with Crippen molar-refractivity contribution in [2.24, 2.45) is 0 Å². The smallest absolute Gasteiger partial charge is 0.230 e. The number of anilines is 1. The molecular weight excluding hydrogens is 365 g/mol. The van der Waals surface area contributed by atoms with E-state index in [1.165, 1.54) is 23.5 Å². The Kier molecular flexibility index (Phi) is 4.60. The van der Waals surface area contributed by atoms with Crippen LogP contribution in [0.1, 0.15) is 5.56 Å². The number of hydrogen-bond donors (Lipinski definition) is 2. The minimum absolute atomic E-state index is 0.154. The van der Waals surface area contributed by atoms with E-state index >= 15 is 0 Å². The Bertz CT molecular complexity index is 1100. The molecule has 2 heterocycles. The Labute approximate surface area is 158 Å². The van der Waals surface area contributed by atoms with Crippen LogP contribution in [0.4, 0.5) is 9.52 Å². The second-order valence-electron chi connectivity index (χ2n) is 6.00. The van der Waals surface area contributed by atoms with Crippen LogP contribution in [0.5, 0.6) is 5.75 Å². The van der Waals surface area contributed by atoms with Gasteiger partial charge >= 0.3 is 0 Å². The highest BCUT2D eigenvalue weighted by atomic mass is 32.1. The zero-order chi connectivity index (χ0) is 18.8. The summed E-state index contributed by atoms with van der Waals surface area (Å²) in [6.45, 7) is 0. The highest BCUT2D eigenvalue weighted by molar-refractivity contribution is 7.14. The molecule has 27 heavy (non-hydrogen) atoms. The molecule has 0 aliphatic heterocycles. The summed E-state index contributed by atoms with van der Waals surface area (Å²) in [5.41, 5.74) is 3.34. The molecule has 7 heteroatoms. The van der Waals surface area contributed by atoms with Crippen molar-refractivity contribution in [2.45, 2.75) is 6.42 Å². The lowest BCUT2D eigenvalue weighted by atomic mass is 10.1. The summed E-state index contributed by atoms with van der Waals surface area (Å²) in [6.07, 6.45) is 2.05. The maximum absolute atomic E-state index is 13.0. The van der Waals surface area contributed by atoms with Gasteiger partial charge in [0.1, 0.15) is 11.6 Å². The van der Waals surface area contributed by atoms with E-state index in [-0.39, 0.29) is 18.1 Å². The number of carbonyl (C=O) groups excluding carboxylic acids is 1. The van der Waals surface area contributed by atoms with Crippen molar-refractivity contribution in [2.75, 3.05) is 12.4 Å². The summed E-state index contributed by atoms with van der Waals surface area (Å²) in [6, 6.07) is 11.8. The molecule has 0 aliphatic carbocycles. The van der Waals surface area contributed by atoms with Crippen LogP contribution in [0.15, 0.2) is 54.0 Å². The van der Waals surface area contributed by atoms with Crippen LogP contribution in [0.2, 0.25) is 0 Å². The van der Waals surface area contributed by atoms with Gasteiger partial charge in [-0.1, -0.05) is 0 Å². The largest absolute Gasteiger partial charge is 0.497 e. The van der Waals surface area contributed by atoms with Crippen LogP contribution in [-0.2, 0) is 11.2 Å². The predicted octanol–water partition coefficient (Wildman–Crippen LogP) is 4.62. The van der Waals surface area contributed by atoms with Crippen molar-refractivity contribution in [3.05, 3.63) is 65.4 Å². The number of fused-ring (bicyclic) bond motifs is 1. The first kappa shape index (κ1) is 17.2. The zero-order valence-electron chi connectivity index (χ0n) is 14.5. The van der Waals surface area contributed by atoms with Crippen LogP contribution in [-0.4, -0.2) is 23.0 Å². The van der Waals surface area contributed by atoms with Crippen molar-refractivity contribution in [1.29, 1.82) is 0 Å². The van der Waals surface area contributed by atoms with Crippen molar-refractivity contribution in [3.8, 4) is 17.0 Å². The lowest BCUT2D eigenvalue weighted by molar-refractivity contribution is -0.115. The minimum atomic E-state index is -0.294. The quantitative estimate of drug-likeness (QED) is 0.530. The van der Waals surface area contributed by atoms with Gasteiger partial charge < -0.3 is 15.0 Å². The number of thiazole rings is 1. The number of aromatic amines is 1. The van der Waals surface area contributed by atoms with Crippen LogP contribution < -0.4 is 10.1 Å². The first-order valence-corrected chi connectivity index (χ1v) is 9.15. The summed E-state index contributed by atoms with van der Waals surface area (Å²) in [7, 11) is 1.61. The second kappa shape index (κ2) is 7.20. The van der Waals surface area contributed by atoms with Crippen LogP contribution in [0.3, 0.4) is 0 Å². The fourth-order valence-corrected chi connectivity index (χ4v) is 3.59. The number of nitrogens with zero attached hydrogens (tertiary/aromatic N) is 1. The van der Waals surface area contributed by atoms with Gasteiger partial charge in [-0.25, -0.2) is 9.37 Å². The first-order chi connectivity index (χ1) is 13.1. The third-order valence-corrected chi connectivity index (χ3v) is 4.97. The van der Waals surface area contributed by atoms with Crippen molar-refractivity contribution in [1.82, 2.24) is 9.97 Å². The molecule has 136 valence electrons. The average Bonchev–Trinajstić information content (AvgIpc) is 3.29. The molecule has 4 aromatic rings. The van der Waals surface area contributed by atoms with E-state index < -0.39 is 0 Å². The number of rotatable bonds is 5. The molecule has 2 aromatic carbocycles. The molecule has 2 aromatic heterocycles. The fraction of sp³-hybridized carbons (Fsp3) is 0.100. The van der Waals surface area contributed by atoms with Crippen molar-refractivity contribution < 1.29 is 13.9 Å². The molecule has 0 radical (unpaired) electrons. The third kappa shape index (κ3) is 3.68. The number of methoxy groups -OCH3 is 1. The maximum Gasteiger partial charge on any atom is 0.230 e. The van der Waals surface area contributed by atoms with Gasteiger partial charge in [0.2, 0.25) is 5.91 Å². The van der Waals surface area contributed by atoms with Crippen LogP contribution in [0, 0.1) is 5.82 Å². The third-order valence-electron chi connectivity index (χ3n) is 4.22. The number of aromatic nitrogens is 2. The van der Waals surface area contributed by atoms with Crippen molar-refractivity contribution >= 4 is 33.3 Å². The molecule has 0 spiro atoms. The number of halogens is 1. The number of carbonyl (C=O) groups is 1. The first-order valence-electron chi connectivity index (χ1n) is 8.28. The van der Waals surface area contributed by atoms with E-state index in [0.29, 0.717) is 10.8 Å². The number of amides is 1. The molecule has 4 rings (SSSR count). The molecular formula is C20H16FN3O2S. The second-order valence-corrected chi connectivity index (χ2v) is 6.85. The molecule has 5 nitrogen and oxygen atoms in total. The summed E-state index contributed by atoms with van der Waals surface area (Å²) < 4.78 is 18.3. The lowest BCUT2D eigenvalue weighted by Crippen LogP contribution is -2.14. The predicted molar refractivity (Wildman–Crippen MR) is 105 cm³/mol. The highest BCUT2D eigenvalue weighted by Crippen LogP contribution is 2.26. The molecule has 0 atom stereocenters. The van der Waals surface area contributed by atoms with Gasteiger partial charge in [0.15, 0.2) is 5.13 Å². The molecule has 1 amide bonds. The van der Waals surface area contributed by atoms with Crippen LogP contribution in [0.25, 0.3) is 22.2 Å². The number of ether oxygens (including phenoxy) is 1. The number of H-pyrrole nitrogens is 1. The topological polar surface area (TPSA) is 67.0 Å². The average molecular weight is 381 g/mol. The van der Waals surface area contributed by atoms with E-state index in [1.54, 1.807) is 19.2 Å². The van der Waals surface area contributed by atoms with Crippen LogP contribution >= 0.6 is 11.3 Å². The standard InChI is InChI=1S/C20H16FN3O2S/c1-26-15-6-7-17-16(9-15)13(10-22-17)8-19(25)24-20-23-18(11-27-20)12-2-4-14(21)5-3-12/h2-7,9-11,22H,8H2,1H3,(H,23,24,25). The molecule has 0 bridgehead atoms. The van der Waals surface area contributed by atoms with Gasteiger partial charge in [-0.15, -0.1) is 11.3 Å². The van der Waals surface area contributed by atoms with E-state index in [9.17, 15) is 9.18 Å². The summed E-state index contributed by atoms with van der Waals surface area (Å²) >= 11 is 1.33. The summed E-state index contributed by atoms with van der Waals surface area (Å²) in [5.74, 6) is 0.296. The van der Waals surface area contributed by atoms with E-state index in [2.05, 4.69) is 15.3 Å². The molecule has 0 fully saturated rings. The van der Waals surface area contributed by atoms with E-state index in [0.717, 1.165) is 27.8 Å². The Morgan fingerprint density at radius 3 is 2.85 bits per heavy atom. The minimum Gasteiger partial charge on any atom is -0.497 e. The molecule has 0 aliphatic rings. The van der Waals surface area contributed by atoms with E-state index in [4.69, 9.17) is 4.74 Å². The monoisotopic (exact) mass is 381 g/mol. The van der Waals surface area contributed by atoms with Gasteiger partial charge in [-0.3, -0.25) is 4.79 Å². The number of hydrogen-bond acceptors (Lipinski definition) is 4. The Hall–Kier alpha value is -3.19. The van der Waals surface area contributed by atoms with Gasteiger partial charge in [0.05, 0.1) is 19.2 Å². The normalized spacial score (nSPS) is 10.9. The van der Waals surface area contributed by atoms with Gasteiger partial charge in [0, 0.05) is 28.0 Å². The molecule has 0 saturated heterocycles. The Balaban J connectivity index is 1.48. The highest BCUT2D eigenvalue weighted by Gasteiger charge is 2.12. The summed E-state index contributed by atoms with van der Waals surface area (Å²) in [4.78, 5) is 20.0. The Morgan fingerprint density at radius 2 is 2.07 bits per heavy atom. The Morgan fingerprint density at radius 1 is 1.26 bits per heavy atom. The number of nitrogens with one attached hydrogen (secondary N) is 2. The summed E-state index contributed by atoms with van der Waals surface area (Å²) in [5, 5.41) is 6.12. The lowest BCUT2D eigenvalue weighted by Gasteiger charge is -2.03. The van der Waals surface area contributed by atoms with Gasteiger partial charge in [0.25, 0.3) is 0 Å². The molecule has 0 unspecified atom stereocenters. The van der Waals surface area contributed by atoms with Crippen molar-refractivity contribution in [3.63, 3.8) is 0 Å². The van der Waals surface area contributed by atoms with Gasteiger partial charge in [-0.05, 0) is 48.0 Å². The molecule has 2 N–H and O–H groups in total. The number of benzene rings is 2. The SMILES string of the molecule is COc1ccc2[nH]cc(CC(=O)Nc3nc(-c4ccc(F)cc4)cs3)c2c1. The van der Waals surface area contributed by atoms with Gasteiger partial charge in [-0.2, -0.15) is 0 Å². The zero-order valence-corrected chi connectivity index (χ0v) is 15.3. The fourth-order valence-electron chi connectivity index (χ4n) is 2.85. The van der Waals surface area contributed by atoms with E-state index in [1.807, 2.05) is 29.8 Å².